The van der Waals surface area contributed by atoms with E-state index in [2.05, 4.69) is 6.58 Å². The zero-order valence-electron chi connectivity index (χ0n) is 15.1. The number of benzene rings is 2. The summed E-state index contributed by atoms with van der Waals surface area (Å²) >= 11 is 0. The summed E-state index contributed by atoms with van der Waals surface area (Å²) in [6.45, 7) is 4.41. The van der Waals surface area contributed by atoms with Gasteiger partial charge in [0.05, 0.1) is 16.7 Å². The second-order valence-electron chi connectivity index (χ2n) is 6.32. The Morgan fingerprint density at radius 2 is 1.69 bits per heavy atom. The zero-order chi connectivity index (χ0) is 20.6. The first-order valence-corrected chi connectivity index (χ1v) is 8.75. The Kier molecular flexibility index (Phi) is 4.66. The Labute approximate surface area is 163 Å². The predicted octanol–water partition coefficient (Wildman–Crippen LogP) is 5.41. The third-order valence-electron chi connectivity index (χ3n) is 4.56. The third-order valence-corrected chi connectivity index (χ3v) is 4.56. The van der Waals surface area contributed by atoms with Gasteiger partial charge in [-0.15, -0.1) is 0 Å². The molecule has 0 saturated heterocycles. The fraction of sp³-hybridized carbons (Fsp3) is 0.136. The van der Waals surface area contributed by atoms with Crippen molar-refractivity contribution in [3.05, 3.63) is 76.9 Å². The molecule has 4 nitrogen and oxygen atoms in total. The molecule has 0 fully saturated rings. The molecule has 0 N–H and O–H groups in total. The van der Waals surface area contributed by atoms with Crippen LogP contribution in [-0.4, -0.2) is 13.2 Å². The molecule has 2 aromatic carbocycles. The highest BCUT2D eigenvalue weighted by Gasteiger charge is 2.34. The van der Waals surface area contributed by atoms with Crippen LogP contribution < -0.4 is 14.9 Å². The van der Waals surface area contributed by atoms with E-state index in [1.807, 2.05) is 0 Å². The Morgan fingerprint density at radius 3 is 2.41 bits per heavy atom. The van der Waals surface area contributed by atoms with Gasteiger partial charge in [-0.1, -0.05) is 30.8 Å². The van der Waals surface area contributed by atoms with Crippen molar-refractivity contribution in [3.8, 4) is 33.8 Å². The fourth-order valence-corrected chi connectivity index (χ4v) is 3.25. The first-order chi connectivity index (χ1) is 13.9. The molecule has 2 heterocycles. The van der Waals surface area contributed by atoms with Crippen LogP contribution in [0.15, 0.2) is 64.5 Å². The standard InChI is InChI=1S/C22H15F3O4/c1-2-17-20(13-7-8-18-19(11-13)28-10-9-27-18)21(26)15(12-29-17)14-5-3-4-6-16(14)22(23,24)25/h2-8,11-12H,1,9-10H2. The van der Waals surface area contributed by atoms with Crippen LogP contribution in [0.5, 0.6) is 11.5 Å². The minimum absolute atomic E-state index is 0.103. The maximum absolute atomic E-state index is 13.4. The van der Waals surface area contributed by atoms with E-state index in [0.29, 0.717) is 30.3 Å². The zero-order valence-corrected chi connectivity index (χ0v) is 15.1. The molecule has 29 heavy (non-hydrogen) atoms. The lowest BCUT2D eigenvalue weighted by atomic mass is 9.96. The van der Waals surface area contributed by atoms with Gasteiger partial charge in [0.1, 0.15) is 25.2 Å². The van der Waals surface area contributed by atoms with Crippen molar-refractivity contribution in [2.24, 2.45) is 0 Å². The molecule has 0 spiro atoms. The van der Waals surface area contributed by atoms with Crippen LogP contribution in [0.2, 0.25) is 0 Å². The molecule has 0 radical (unpaired) electrons. The van der Waals surface area contributed by atoms with Gasteiger partial charge < -0.3 is 13.9 Å². The monoisotopic (exact) mass is 400 g/mol. The number of ether oxygens (including phenoxy) is 2. The number of rotatable bonds is 3. The normalized spacial score (nSPS) is 13.2. The largest absolute Gasteiger partial charge is 0.486 e. The van der Waals surface area contributed by atoms with Crippen LogP contribution in [-0.2, 0) is 6.18 Å². The van der Waals surface area contributed by atoms with E-state index in [9.17, 15) is 18.0 Å². The number of hydrogen-bond donors (Lipinski definition) is 0. The lowest BCUT2D eigenvalue weighted by molar-refractivity contribution is -0.137. The van der Waals surface area contributed by atoms with E-state index in [-0.39, 0.29) is 22.5 Å². The molecule has 148 valence electrons. The first kappa shape index (κ1) is 18.9. The van der Waals surface area contributed by atoms with Crippen molar-refractivity contribution in [2.45, 2.75) is 6.18 Å². The summed E-state index contributed by atoms with van der Waals surface area (Å²) in [6.07, 6.45) is -2.24. The average Bonchev–Trinajstić information content (AvgIpc) is 2.72. The third kappa shape index (κ3) is 3.40. The van der Waals surface area contributed by atoms with Crippen molar-refractivity contribution in [1.82, 2.24) is 0 Å². The summed E-state index contributed by atoms with van der Waals surface area (Å²) in [6, 6.07) is 9.77. The van der Waals surface area contributed by atoms with E-state index in [1.54, 1.807) is 18.2 Å². The van der Waals surface area contributed by atoms with E-state index >= 15 is 0 Å². The number of alkyl halides is 3. The van der Waals surface area contributed by atoms with Gasteiger partial charge in [0, 0.05) is 5.56 Å². The minimum atomic E-state index is -4.61. The summed E-state index contributed by atoms with van der Waals surface area (Å²) in [5.74, 6) is 1.13. The molecule has 4 rings (SSSR count). The Bertz CT molecular complexity index is 1150. The summed E-state index contributed by atoms with van der Waals surface area (Å²) in [5, 5.41) is 0. The van der Waals surface area contributed by atoms with Crippen molar-refractivity contribution >= 4 is 6.08 Å². The van der Waals surface area contributed by atoms with Gasteiger partial charge in [0.25, 0.3) is 0 Å². The van der Waals surface area contributed by atoms with Gasteiger partial charge in [-0.25, -0.2) is 0 Å². The quantitative estimate of drug-likeness (QED) is 0.590. The lowest BCUT2D eigenvalue weighted by Crippen LogP contribution is -2.16. The molecule has 1 aliphatic heterocycles. The fourth-order valence-electron chi connectivity index (χ4n) is 3.25. The Balaban J connectivity index is 1.94. The summed E-state index contributed by atoms with van der Waals surface area (Å²) in [4.78, 5) is 13.2. The van der Waals surface area contributed by atoms with Crippen molar-refractivity contribution < 1.29 is 27.1 Å². The second-order valence-corrected chi connectivity index (χ2v) is 6.32. The van der Waals surface area contributed by atoms with E-state index < -0.39 is 17.2 Å². The number of fused-ring (bicyclic) bond motifs is 1. The van der Waals surface area contributed by atoms with Crippen LogP contribution in [0.3, 0.4) is 0 Å². The Hall–Kier alpha value is -3.48. The van der Waals surface area contributed by atoms with Gasteiger partial charge in [-0.2, -0.15) is 13.2 Å². The average molecular weight is 400 g/mol. The molecule has 0 bridgehead atoms. The van der Waals surface area contributed by atoms with Crippen LogP contribution in [0, 0.1) is 0 Å². The minimum Gasteiger partial charge on any atom is -0.486 e. The molecule has 0 saturated carbocycles. The van der Waals surface area contributed by atoms with Crippen molar-refractivity contribution in [3.63, 3.8) is 0 Å². The van der Waals surface area contributed by atoms with Crippen molar-refractivity contribution in [2.75, 3.05) is 13.2 Å². The van der Waals surface area contributed by atoms with Crippen LogP contribution in [0.1, 0.15) is 11.3 Å². The SMILES string of the molecule is C=Cc1occ(-c2ccccc2C(F)(F)F)c(=O)c1-c1ccc2c(c1)OCCO2. The van der Waals surface area contributed by atoms with Crippen LogP contribution >= 0.6 is 0 Å². The molecule has 1 aliphatic rings. The summed E-state index contributed by atoms with van der Waals surface area (Å²) < 4.78 is 56.8. The molecule has 1 aromatic heterocycles. The van der Waals surface area contributed by atoms with Gasteiger partial charge in [-0.3, -0.25) is 4.79 Å². The van der Waals surface area contributed by atoms with E-state index in [1.165, 1.54) is 24.3 Å². The van der Waals surface area contributed by atoms with Crippen LogP contribution in [0.4, 0.5) is 13.2 Å². The highest BCUT2D eigenvalue weighted by atomic mass is 19.4. The highest BCUT2D eigenvalue weighted by Crippen LogP contribution is 2.38. The maximum atomic E-state index is 13.4. The first-order valence-electron chi connectivity index (χ1n) is 8.75. The lowest BCUT2D eigenvalue weighted by Gasteiger charge is -2.19. The Morgan fingerprint density at radius 1 is 0.966 bits per heavy atom. The van der Waals surface area contributed by atoms with Gasteiger partial charge in [0.15, 0.2) is 11.5 Å². The maximum Gasteiger partial charge on any atom is 0.417 e. The van der Waals surface area contributed by atoms with E-state index in [4.69, 9.17) is 13.9 Å². The molecular formula is C22H15F3O4. The molecular weight excluding hydrogens is 385 g/mol. The molecule has 0 aliphatic carbocycles. The van der Waals surface area contributed by atoms with Crippen LogP contribution in [0.25, 0.3) is 28.3 Å². The van der Waals surface area contributed by atoms with Gasteiger partial charge in [0.2, 0.25) is 5.43 Å². The highest BCUT2D eigenvalue weighted by molar-refractivity contribution is 5.79. The molecule has 7 heteroatoms. The van der Waals surface area contributed by atoms with E-state index in [0.717, 1.165) is 12.3 Å². The summed E-state index contributed by atoms with van der Waals surface area (Å²) in [5.41, 5.74) is -1.40. The molecule has 0 amide bonds. The van der Waals surface area contributed by atoms with Gasteiger partial charge in [-0.05, 0) is 29.8 Å². The van der Waals surface area contributed by atoms with Gasteiger partial charge >= 0.3 is 6.18 Å². The molecule has 0 atom stereocenters. The second kappa shape index (κ2) is 7.16. The topological polar surface area (TPSA) is 48.7 Å². The molecule has 0 unspecified atom stereocenters. The predicted molar refractivity (Wildman–Crippen MR) is 102 cm³/mol. The number of hydrogen-bond acceptors (Lipinski definition) is 4. The number of halogens is 3. The molecule has 3 aromatic rings. The smallest absolute Gasteiger partial charge is 0.417 e. The summed E-state index contributed by atoms with van der Waals surface area (Å²) in [7, 11) is 0. The van der Waals surface area contributed by atoms with Crippen molar-refractivity contribution in [1.29, 1.82) is 0 Å².